The molecular formula is C18H21N3OS. The van der Waals surface area contributed by atoms with E-state index in [1.807, 2.05) is 24.5 Å². The summed E-state index contributed by atoms with van der Waals surface area (Å²) >= 11 is 1.50. The molecule has 0 aliphatic carbocycles. The zero-order chi connectivity index (χ0) is 16.1. The topological polar surface area (TPSA) is 45.2 Å². The second-order valence-electron chi connectivity index (χ2n) is 5.74. The van der Waals surface area contributed by atoms with Gasteiger partial charge in [-0.05, 0) is 30.4 Å². The molecule has 120 valence electrons. The lowest BCUT2D eigenvalue weighted by atomic mass is 10.2. The second kappa shape index (κ2) is 7.62. The fourth-order valence-corrected chi connectivity index (χ4v) is 3.47. The SMILES string of the molecule is CSc1ncccc1C(=O)NC1CCN(Cc2ccccc2)C1. The van der Waals surface area contributed by atoms with Crippen molar-refractivity contribution >= 4 is 17.7 Å². The first-order valence-corrected chi connectivity index (χ1v) is 9.05. The Morgan fingerprint density at radius 3 is 2.91 bits per heavy atom. The first-order chi connectivity index (χ1) is 11.3. The summed E-state index contributed by atoms with van der Waals surface area (Å²) in [6, 6.07) is 14.3. The minimum atomic E-state index is -0.0194. The number of hydrogen-bond donors (Lipinski definition) is 1. The van der Waals surface area contributed by atoms with Crippen molar-refractivity contribution in [3.63, 3.8) is 0 Å². The molecule has 23 heavy (non-hydrogen) atoms. The highest BCUT2D eigenvalue weighted by Gasteiger charge is 2.25. The van der Waals surface area contributed by atoms with E-state index in [1.165, 1.54) is 17.3 Å². The monoisotopic (exact) mass is 327 g/mol. The lowest BCUT2D eigenvalue weighted by Crippen LogP contribution is -2.37. The summed E-state index contributed by atoms with van der Waals surface area (Å²) in [5.74, 6) is -0.0194. The van der Waals surface area contributed by atoms with E-state index in [2.05, 4.69) is 39.5 Å². The Morgan fingerprint density at radius 1 is 1.30 bits per heavy atom. The van der Waals surface area contributed by atoms with Crippen molar-refractivity contribution in [3.8, 4) is 0 Å². The first-order valence-electron chi connectivity index (χ1n) is 7.82. The van der Waals surface area contributed by atoms with E-state index in [-0.39, 0.29) is 11.9 Å². The highest BCUT2D eigenvalue weighted by molar-refractivity contribution is 7.98. The van der Waals surface area contributed by atoms with Crippen LogP contribution in [0.25, 0.3) is 0 Å². The van der Waals surface area contributed by atoms with E-state index >= 15 is 0 Å². The number of hydrogen-bond acceptors (Lipinski definition) is 4. The predicted octanol–water partition coefficient (Wildman–Crippen LogP) is 2.81. The van der Waals surface area contributed by atoms with Crippen molar-refractivity contribution in [1.29, 1.82) is 0 Å². The van der Waals surface area contributed by atoms with Crippen LogP contribution >= 0.6 is 11.8 Å². The maximum absolute atomic E-state index is 12.5. The molecule has 5 heteroatoms. The normalized spacial score (nSPS) is 18.0. The van der Waals surface area contributed by atoms with Gasteiger partial charge in [-0.2, -0.15) is 0 Å². The van der Waals surface area contributed by atoms with Gasteiger partial charge in [-0.1, -0.05) is 30.3 Å². The van der Waals surface area contributed by atoms with Crippen LogP contribution < -0.4 is 5.32 Å². The van der Waals surface area contributed by atoms with E-state index in [9.17, 15) is 4.79 Å². The van der Waals surface area contributed by atoms with Crippen molar-refractivity contribution < 1.29 is 4.79 Å². The Morgan fingerprint density at radius 2 is 2.13 bits per heavy atom. The summed E-state index contributed by atoms with van der Waals surface area (Å²) < 4.78 is 0. The number of likely N-dealkylation sites (tertiary alicyclic amines) is 1. The Balaban J connectivity index is 1.56. The maximum atomic E-state index is 12.5. The number of nitrogens with zero attached hydrogens (tertiary/aromatic N) is 2. The van der Waals surface area contributed by atoms with Crippen LogP contribution in [0.5, 0.6) is 0 Å². The van der Waals surface area contributed by atoms with Crippen molar-refractivity contribution in [3.05, 3.63) is 59.8 Å². The summed E-state index contributed by atoms with van der Waals surface area (Å²) in [4.78, 5) is 19.1. The zero-order valence-electron chi connectivity index (χ0n) is 13.2. The standard InChI is InChI=1S/C18H21N3OS/c1-23-18-16(8-5-10-19-18)17(22)20-15-9-11-21(13-15)12-14-6-3-2-4-7-14/h2-8,10,15H,9,11-13H2,1H3,(H,20,22). The van der Waals surface area contributed by atoms with Gasteiger partial charge in [-0.15, -0.1) is 11.8 Å². The number of amides is 1. The molecule has 4 nitrogen and oxygen atoms in total. The summed E-state index contributed by atoms with van der Waals surface area (Å²) in [5.41, 5.74) is 1.98. The van der Waals surface area contributed by atoms with E-state index in [0.717, 1.165) is 31.1 Å². The van der Waals surface area contributed by atoms with Gasteiger partial charge in [-0.25, -0.2) is 4.98 Å². The molecule has 1 unspecified atom stereocenters. The number of nitrogens with one attached hydrogen (secondary N) is 1. The molecule has 1 N–H and O–H groups in total. The quantitative estimate of drug-likeness (QED) is 0.858. The minimum absolute atomic E-state index is 0.0194. The summed E-state index contributed by atoms with van der Waals surface area (Å²) in [6.07, 6.45) is 4.66. The van der Waals surface area contributed by atoms with Crippen molar-refractivity contribution in [2.45, 2.75) is 24.0 Å². The number of carbonyl (C=O) groups is 1. The number of aromatic nitrogens is 1. The summed E-state index contributed by atoms with van der Waals surface area (Å²) in [6.45, 7) is 2.86. The average molecular weight is 327 g/mol. The van der Waals surface area contributed by atoms with Gasteiger partial charge < -0.3 is 5.32 Å². The molecule has 0 radical (unpaired) electrons. The Kier molecular flexibility index (Phi) is 5.31. The highest BCUT2D eigenvalue weighted by Crippen LogP contribution is 2.18. The molecule has 1 aromatic carbocycles. The highest BCUT2D eigenvalue weighted by atomic mass is 32.2. The van der Waals surface area contributed by atoms with E-state index in [1.54, 1.807) is 6.20 Å². The molecule has 1 atom stereocenters. The predicted molar refractivity (Wildman–Crippen MR) is 93.6 cm³/mol. The Bertz CT molecular complexity index is 662. The van der Waals surface area contributed by atoms with Crippen LogP contribution in [-0.4, -0.2) is 41.2 Å². The molecule has 0 saturated carbocycles. The molecule has 2 heterocycles. The molecule has 1 aromatic heterocycles. The Hall–Kier alpha value is -1.85. The number of benzene rings is 1. The van der Waals surface area contributed by atoms with Crippen molar-refractivity contribution in [2.75, 3.05) is 19.3 Å². The van der Waals surface area contributed by atoms with Crippen LogP contribution in [0.15, 0.2) is 53.7 Å². The van der Waals surface area contributed by atoms with Gasteiger partial charge in [0.25, 0.3) is 5.91 Å². The van der Waals surface area contributed by atoms with E-state index in [4.69, 9.17) is 0 Å². The van der Waals surface area contributed by atoms with Crippen molar-refractivity contribution in [1.82, 2.24) is 15.2 Å². The van der Waals surface area contributed by atoms with Crippen LogP contribution in [0.3, 0.4) is 0 Å². The summed E-state index contributed by atoms with van der Waals surface area (Å²) in [5, 5.41) is 3.93. The fourth-order valence-electron chi connectivity index (χ4n) is 2.93. The van der Waals surface area contributed by atoms with Gasteiger partial charge in [0, 0.05) is 31.9 Å². The molecule has 0 bridgehead atoms. The largest absolute Gasteiger partial charge is 0.348 e. The molecular weight excluding hydrogens is 306 g/mol. The zero-order valence-corrected chi connectivity index (χ0v) is 14.1. The van der Waals surface area contributed by atoms with Gasteiger partial charge >= 0.3 is 0 Å². The van der Waals surface area contributed by atoms with E-state index < -0.39 is 0 Å². The van der Waals surface area contributed by atoms with Gasteiger partial charge in [0.05, 0.1) is 5.56 Å². The number of pyridine rings is 1. The lowest BCUT2D eigenvalue weighted by molar-refractivity contribution is 0.0934. The Labute approximate surface area is 141 Å². The molecule has 1 fully saturated rings. The average Bonchev–Trinajstić information content (AvgIpc) is 3.02. The maximum Gasteiger partial charge on any atom is 0.254 e. The molecule has 3 rings (SSSR count). The number of carbonyl (C=O) groups excluding carboxylic acids is 1. The molecule has 1 aliphatic heterocycles. The van der Waals surface area contributed by atoms with Gasteiger partial charge in [0.2, 0.25) is 0 Å². The third kappa shape index (κ3) is 4.12. The smallest absolute Gasteiger partial charge is 0.254 e. The van der Waals surface area contributed by atoms with Crippen LogP contribution in [-0.2, 0) is 6.54 Å². The van der Waals surface area contributed by atoms with Crippen LogP contribution in [0.1, 0.15) is 22.3 Å². The van der Waals surface area contributed by atoms with Gasteiger partial charge in [-0.3, -0.25) is 9.69 Å². The fraction of sp³-hybridized carbons (Fsp3) is 0.333. The molecule has 1 amide bonds. The number of rotatable bonds is 5. The van der Waals surface area contributed by atoms with E-state index in [0.29, 0.717) is 5.56 Å². The van der Waals surface area contributed by atoms with Gasteiger partial charge in [0.1, 0.15) is 5.03 Å². The molecule has 2 aromatic rings. The third-order valence-corrected chi connectivity index (χ3v) is 4.78. The molecule has 0 spiro atoms. The van der Waals surface area contributed by atoms with Crippen LogP contribution in [0.4, 0.5) is 0 Å². The minimum Gasteiger partial charge on any atom is -0.348 e. The van der Waals surface area contributed by atoms with Crippen LogP contribution in [0.2, 0.25) is 0 Å². The first kappa shape index (κ1) is 16.0. The van der Waals surface area contributed by atoms with Crippen molar-refractivity contribution in [2.24, 2.45) is 0 Å². The molecule has 1 aliphatic rings. The second-order valence-corrected chi connectivity index (χ2v) is 6.53. The van der Waals surface area contributed by atoms with Gasteiger partial charge in [0.15, 0.2) is 0 Å². The third-order valence-electron chi connectivity index (χ3n) is 4.07. The molecule has 1 saturated heterocycles. The number of thioether (sulfide) groups is 1. The summed E-state index contributed by atoms with van der Waals surface area (Å²) in [7, 11) is 0. The lowest BCUT2D eigenvalue weighted by Gasteiger charge is -2.17. The van der Waals surface area contributed by atoms with Crippen LogP contribution in [0, 0.1) is 0 Å².